The Bertz CT molecular complexity index is 595. The molecule has 1 fully saturated rings. The number of aliphatic imine (C=N–C) groups is 1. The number of aliphatic hydroxyl groups is 1. The Labute approximate surface area is 185 Å². The minimum atomic E-state index is -0.771. The van der Waals surface area contributed by atoms with Gasteiger partial charge in [0.1, 0.15) is 17.6 Å². The Morgan fingerprint density at radius 3 is 2.57 bits per heavy atom. The molecule has 160 valence electrons. The van der Waals surface area contributed by atoms with Gasteiger partial charge in [-0.25, -0.2) is 0 Å². The molecule has 0 aliphatic carbocycles. The zero-order chi connectivity index (χ0) is 19.5. The maximum absolute atomic E-state index is 10.6. The molecule has 1 aliphatic heterocycles. The van der Waals surface area contributed by atoms with Crippen LogP contribution in [0.1, 0.15) is 37.9 Å². The van der Waals surface area contributed by atoms with E-state index in [9.17, 15) is 5.11 Å². The molecule has 0 bridgehead atoms. The molecule has 1 unspecified atom stereocenters. The van der Waals surface area contributed by atoms with Gasteiger partial charge >= 0.3 is 0 Å². The zero-order valence-corrected chi connectivity index (χ0v) is 19.6. The van der Waals surface area contributed by atoms with Crippen molar-refractivity contribution in [2.75, 3.05) is 53.5 Å². The molecule has 0 saturated carbocycles. The molecule has 1 heterocycles. The first-order chi connectivity index (χ1) is 13.2. The predicted molar refractivity (Wildman–Crippen MR) is 124 cm³/mol. The first-order valence-electron chi connectivity index (χ1n) is 9.82. The minimum absolute atomic E-state index is 0. The lowest BCUT2D eigenvalue weighted by atomic mass is 10.1. The van der Waals surface area contributed by atoms with Crippen molar-refractivity contribution in [3.8, 4) is 11.5 Å². The van der Waals surface area contributed by atoms with Crippen molar-refractivity contribution >= 4 is 29.9 Å². The third-order valence-corrected chi connectivity index (χ3v) is 4.73. The number of halogens is 1. The molecule has 1 aromatic carbocycles. The maximum atomic E-state index is 10.6. The summed E-state index contributed by atoms with van der Waals surface area (Å²) >= 11 is 0. The number of ether oxygens (including phenoxy) is 2. The van der Waals surface area contributed by atoms with Crippen LogP contribution < -0.4 is 20.1 Å². The average Bonchev–Trinajstić information content (AvgIpc) is 2.72. The van der Waals surface area contributed by atoms with Gasteiger partial charge in [0.25, 0.3) is 0 Å². The highest BCUT2D eigenvalue weighted by Crippen LogP contribution is 2.29. The molecular weight excluding hydrogens is 471 g/mol. The summed E-state index contributed by atoms with van der Waals surface area (Å²) in [5, 5.41) is 17.2. The number of benzene rings is 1. The van der Waals surface area contributed by atoms with E-state index in [4.69, 9.17) is 9.47 Å². The maximum Gasteiger partial charge on any atom is 0.191 e. The van der Waals surface area contributed by atoms with Crippen LogP contribution in [0.2, 0.25) is 0 Å². The Balaban J connectivity index is 0.00000392. The molecule has 1 aliphatic rings. The monoisotopic (exact) mass is 506 g/mol. The first-order valence-corrected chi connectivity index (χ1v) is 9.82. The summed E-state index contributed by atoms with van der Waals surface area (Å²) in [5.41, 5.74) is 0.671. The molecule has 1 atom stereocenters. The molecule has 0 amide bonds. The van der Waals surface area contributed by atoms with E-state index in [0.717, 1.165) is 25.6 Å². The van der Waals surface area contributed by atoms with Crippen LogP contribution in [0.15, 0.2) is 23.2 Å². The van der Waals surface area contributed by atoms with Gasteiger partial charge in [0.15, 0.2) is 5.96 Å². The fourth-order valence-electron chi connectivity index (χ4n) is 3.23. The lowest BCUT2D eigenvalue weighted by Crippen LogP contribution is -2.42. The molecule has 2 rings (SSSR count). The second-order valence-corrected chi connectivity index (χ2v) is 6.67. The van der Waals surface area contributed by atoms with E-state index in [0.29, 0.717) is 17.1 Å². The second-order valence-electron chi connectivity index (χ2n) is 6.67. The van der Waals surface area contributed by atoms with Crippen molar-refractivity contribution in [1.29, 1.82) is 0 Å². The van der Waals surface area contributed by atoms with Gasteiger partial charge in [-0.05, 0) is 51.1 Å². The van der Waals surface area contributed by atoms with Crippen LogP contribution in [0.4, 0.5) is 0 Å². The molecule has 0 aromatic heterocycles. The highest BCUT2D eigenvalue weighted by Gasteiger charge is 2.15. The van der Waals surface area contributed by atoms with Gasteiger partial charge < -0.3 is 30.1 Å². The summed E-state index contributed by atoms with van der Waals surface area (Å²) in [7, 11) is 3.19. The van der Waals surface area contributed by atoms with Crippen molar-refractivity contribution < 1.29 is 14.6 Å². The molecule has 0 spiro atoms. The Kier molecular flexibility index (Phi) is 12.2. The van der Waals surface area contributed by atoms with Crippen molar-refractivity contribution in [2.45, 2.75) is 32.3 Å². The van der Waals surface area contributed by atoms with Crippen molar-refractivity contribution in [1.82, 2.24) is 15.5 Å². The lowest BCUT2D eigenvalue weighted by Gasteiger charge is -2.26. The van der Waals surface area contributed by atoms with Crippen LogP contribution in [0.25, 0.3) is 0 Å². The SMILES string of the molecule is CCNC(=NCC(O)c1cc(OC)ccc1OC)NCCN1CCCCC1.I. The average molecular weight is 506 g/mol. The molecule has 1 aromatic rings. The van der Waals surface area contributed by atoms with Gasteiger partial charge in [0, 0.05) is 25.2 Å². The number of nitrogens with one attached hydrogen (secondary N) is 2. The van der Waals surface area contributed by atoms with E-state index < -0.39 is 6.10 Å². The minimum Gasteiger partial charge on any atom is -0.497 e. The van der Waals surface area contributed by atoms with E-state index in [1.165, 1.54) is 32.4 Å². The molecule has 0 radical (unpaired) electrons. The van der Waals surface area contributed by atoms with E-state index in [-0.39, 0.29) is 30.5 Å². The summed E-state index contributed by atoms with van der Waals surface area (Å²) in [6.45, 7) is 7.26. The van der Waals surface area contributed by atoms with E-state index in [1.54, 1.807) is 26.4 Å². The van der Waals surface area contributed by atoms with Crippen LogP contribution >= 0.6 is 24.0 Å². The lowest BCUT2D eigenvalue weighted by molar-refractivity contribution is 0.182. The zero-order valence-electron chi connectivity index (χ0n) is 17.2. The summed E-state index contributed by atoms with van der Waals surface area (Å²) in [5.74, 6) is 2.03. The van der Waals surface area contributed by atoms with Crippen molar-refractivity contribution in [3.63, 3.8) is 0 Å². The van der Waals surface area contributed by atoms with E-state index >= 15 is 0 Å². The van der Waals surface area contributed by atoms with Crippen LogP contribution in [0.3, 0.4) is 0 Å². The summed E-state index contributed by atoms with van der Waals surface area (Å²) in [6, 6.07) is 5.39. The number of rotatable bonds is 9. The highest BCUT2D eigenvalue weighted by atomic mass is 127. The number of methoxy groups -OCH3 is 2. The fraction of sp³-hybridized carbons (Fsp3) is 0.650. The molecule has 1 saturated heterocycles. The van der Waals surface area contributed by atoms with Gasteiger partial charge in [0.05, 0.1) is 20.8 Å². The third kappa shape index (κ3) is 8.00. The Hall–Kier alpha value is -1.26. The molecule has 28 heavy (non-hydrogen) atoms. The Morgan fingerprint density at radius 2 is 1.93 bits per heavy atom. The van der Waals surface area contributed by atoms with Crippen LogP contribution in [-0.2, 0) is 0 Å². The van der Waals surface area contributed by atoms with Crippen LogP contribution in [0.5, 0.6) is 11.5 Å². The van der Waals surface area contributed by atoms with Gasteiger partial charge in [-0.2, -0.15) is 0 Å². The topological polar surface area (TPSA) is 78.4 Å². The highest BCUT2D eigenvalue weighted by molar-refractivity contribution is 14.0. The number of aliphatic hydroxyl groups excluding tert-OH is 1. The summed E-state index contributed by atoms with van der Waals surface area (Å²) in [4.78, 5) is 7.02. The number of hydrogen-bond acceptors (Lipinski definition) is 5. The van der Waals surface area contributed by atoms with Gasteiger partial charge in [0.2, 0.25) is 0 Å². The van der Waals surface area contributed by atoms with Crippen LogP contribution in [0, 0.1) is 0 Å². The fourth-order valence-corrected chi connectivity index (χ4v) is 3.23. The van der Waals surface area contributed by atoms with E-state index in [1.807, 2.05) is 13.0 Å². The van der Waals surface area contributed by atoms with Crippen molar-refractivity contribution in [3.05, 3.63) is 23.8 Å². The second kappa shape index (κ2) is 13.8. The number of likely N-dealkylation sites (tertiary alicyclic amines) is 1. The standard InChI is InChI=1S/C20H34N4O3.HI/c1-4-21-20(22-10-13-24-11-6-5-7-12-24)23-15-18(25)17-14-16(26-2)8-9-19(17)27-3;/h8-9,14,18,25H,4-7,10-13,15H2,1-3H3,(H2,21,22,23);1H. The summed E-state index contributed by atoms with van der Waals surface area (Å²) in [6.07, 6.45) is 3.16. The largest absolute Gasteiger partial charge is 0.497 e. The number of guanidine groups is 1. The predicted octanol–water partition coefficient (Wildman–Crippen LogP) is 2.40. The van der Waals surface area contributed by atoms with Gasteiger partial charge in [-0.1, -0.05) is 6.42 Å². The molecule has 3 N–H and O–H groups in total. The smallest absolute Gasteiger partial charge is 0.191 e. The number of nitrogens with zero attached hydrogens (tertiary/aromatic N) is 2. The number of piperidine rings is 1. The normalized spacial score (nSPS) is 16.1. The van der Waals surface area contributed by atoms with Gasteiger partial charge in [-0.15, -0.1) is 24.0 Å². The van der Waals surface area contributed by atoms with Gasteiger partial charge in [-0.3, -0.25) is 4.99 Å². The van der Waals surface area contributed by atoms with Crippen molar-refractivity contribution in [2.24, 2.45) is 4.99 Å². The van der Waals surface area contributed by atoms with E-state index in [2.05, 4.69) is 20.5 Å². The first kappa shape index (κ1) is 24.8. The molecule has 8 heteroatoms. The summed E-state index contributed by atoms with van der Waals surface area (Å²) < 4.78 is 10.6. The van der Waals surface area contributed by atoms with Crippen LogP contribution in [-0.4, -0.2) is 69.5 Å². The molecular formula is C20H35IN4O3. The third-order valence-electron chi connectivity index (χ3n) is 4.73. The quantitative estimate of drug-likeness (QED) is 0.271. The Morgan fingerprint density at radius 1 is 1.18 bits per heavy atom. The number of hydrogen-bond donors (Lipinski definition) is 3. The molecule has 7 nitrogen and oxygen atoms in total.